The van der Waals surface area contributed by atoms with Gasteiger partial charge in [-0.2, -0.15) is 13.0 Å². The zero-order chi connectivity index (χ0) is 41.5. The molecule has 0 saturated heterocycles. The van der Waals surface area contributed by atoms with E-state index in [4.69, 9.17) is 4.74 Å². The van der Waals surface area contributed by atoms with Gasteiger partial charge in [0.05, 0.1) is 18.3 Å². The minimum Gasteiger partial charge on any atom is -0.469 e. The van der Waals surface area contributed by atoms with Crippen molar-refractivity contribution in [2.75, 3.05) is 36.2 Å². The number of benzene rings is 3. The largest absolute Gasteiger partial charge is 0.469 e. The lowest BCUT2D eigenvalue weighted by Crippen LogP contribution is -2.28. The number of aryl methyl sites for hydroxylation is 1. The molecule has 0 atom stereocenters. The molecule has 3 aliphatic rings. The first-order chi connectivity index (χ1) is 27.7. The van der Waals surface area contributed by atoms with Crippen LogP contribution >= 0.6 is 0 Å². The molecule has 0 amide bonds. The summed E-state index contributed by atoms with van der Waals surface area (Å²) in [6.45, 7) is 13.1. The van der Waals surface area contributed by atoms with Crippen LogP contribution < -0.4 is 10.2 Å². The molecule has 9 heteroatoms. The normalized spacial score (nSPS) is 18.7. The van der Waals surface area contributed by atoms with Gasteiger partial charge in [-0.15, -0.1) is 0 Å². The third-order valence-electron chi connectivity index (χ3n) is 12.1. The van der Waals surface area contributed by atoms with Crippen LogP contribution in [0.2, 0.25) is 0 Å². The lowest BCUT2D eigenvalue weighted by molar-refractivity contribution is -0.438. The molecular formula is C49H62N3O5S+. The quantitative estimate of drug-likeness (QED) is 0.0607. The number of esters is 1. The molecule has 0 radical (unpaired) electrons. The predicted octanol–water partition coefficient (Wildman–Crippen LogP) is 10.7. The van der Waals surface area contributed by atoms with Gasteiger partial charge in [-0.1, -0.05) is 87.9 Å². The first-order valence-electron chi connectivity index (χ1n) is 21.1. The Morgan fingerprint density at radius 3 is 2.33 bits per heavy atom. The Hall–Kier alpha value is -4.73. The van der Waals surface area contributed by atoms with E-state index in [9.17, 15) is 17.8 Å². The van der Waals surface area contributed by atoms with Crippen molar-refractivity contribution in [1.29, 1.82) is 0 Å². The summed E-state index contributed by atoms with van der Waals surface area (Å²) >= 11 is 0. The van der Waals surface area contributed by atoms with E-state index < -0.39 is 10.1 Å². The number of rotatable bonds is 17. The highest BCUT2D eigenvalue weighted by Crippen LogP contribution is 2.48. The Morgan fingerprint density at radius 2 is 1.60 bits per heavy atom. The number of allylic oxidation sites excluding steroid dienone is 7. The van der Waals surface area contributed by atoms with E-state index in [1.807, 2.05) is 0 Å². The second-order valence-corrected chi connectivity index (χ2v) is 18.5. The molecule has 0 aromatic heterocycles. The maximum atomic E-state index is 11.8. The van der Waals surface area contributed by atoms with Crippen LogP contribution in [0.1, 0.15) is 109 Å². The van der Waals surface area contributed by atoms with Crippen LogP contribution in [0.15, 0.2) is 120 Å². The number of ether oxygens (including phenoxy) is 1. The van der Waals surface area contributed by atoms with Gasteiger partial charge in [-0.05, 0) is 105 Å². The van der Waals surface area contributed by atoms with E-state index in [2.05, 4.69) is 147 Å². The van der Waals surface area contributed by atoms with Crippen LogP contribution in [0.5, 0.6) is 0 Å². The van der Waals surface area contributed by atoms with Crippen LogP contribution in [0, 0.1) is 0 Å². The second kappa shape index (κ2) is 18.5. The number of nitrogens with zero attached hydrogens (tertiary/aromatic N) is 2. The highest BCUT2D eigenvalue weighted by molar-refractivity contribution is 7.85. The minimum atomic E-state index is -4.01. The number of hydrogen-bond donors (Lipinski definition) is 2. The van der Waals surface area contributed by atoms with E-state index in [1.54, 1.807) is 0 Å². The van der Waals surface area contributed by atoms with E-state index in [-0.39, 0.29) is 22.6 Å². The molecule has 1 aliphatic carbocycles. The van der Waals surface area contributed by atoms with Crippen LogP contribution in [-0.2, 0) is 36.9 Å². The zero-order valence-corrected chi connectivity index (χ0v) is 36.1. The Labute approximate surface area is 346 Å². The van der Waals surface area contributed by atoms with E-state index >= 15 is 0 Å². The van der Waals surface area contributed by atoms with Gasteiger partial charge in [0, 0.05) is 65.3 Å². The fourth-order valence-corrected chi connectivity index (χ4v) is 9.43. The van der Waals surface area contributed by atoms with Crippen molar-refractivity contribution in [1.82, 2.24) is 0 Å². The molecule has 0 spiro atoms. The highest BCUT2D eigenvalue weighted by atomic mass is 32.2. The summed E-state index contributed by atoms with van der Waals surface area (Å²) < 4.78 is 39.8. The molecule has 2 aliphatic heterocycles. The van der Waals surface area contributed by atoms with Gasteiger partial charge in [-0.25, -0.2) is 0 Å². The summed E-state index contributed by atoms with van der Waals surface area (Å²) in [6, 6.07) is 25.7. The molecule has 3 aromatic carbocycles. The number of carbonyl (C=O) groups is 1. The topological polar surface area (TPSA) is 99.0 Å². The average Bonchev–Trinajstić information content (AvgIpc) is 3.55. The number of unbranched alkanes of at least 4 members (excludes halogenated alkanes) is 3. The first kappa shape index (κ1) is 42.9. The van der Waals surface area contributed by atoms with Crippen LogP contribution in [-0.4, -0.2) is 55.2 Å². The molecule has 3 aromatic rings. The molecule has 308 valence electrons. The molecule has 2 heterocycles. The summed E-state index contributed by atoms with van der Waals surface area (Å²) in [5.74, 6) is -0.452. The third kappa shape index (κ3) is 9.75. The lowest BCUT2D eigenvalue weighted by atomic mass is 9.81. The smallest absolute Gasteiger partial charge is 0.305 e. The SMILES string of the molecule is CCCCC[N+]1=C(/C=C/C2=C(Nc3ccc(CCC(=O)OC)cc3)C(=C/C=C3/N(CCCCS(=O)(=O)O)c4ccccc4C3(C)C)/CCC2)C(C)(C)c2ccccc21. The van der Waals surface area contributed by atoms with Crippen LogP contribution in [0.3, 0.4) is 0 Å². The number of carbonyl (C=O) groups excluding carboxylic acids is 1. The monoisotopic (exact) mass is 804 g/mol. The van der Waals surface area contributed by atoms with E-state index in [1.165, 1.54) is 53.6 Å². The third-order valence-corrected chi connectivity index (χ3v) is 12.9. The van der Waals surface area contributed by atoms with Crippen LogP contribution in [0.25, 0.3) is 0 Å². The molecular weight excluding hydrogens is 743 g/mol. The van der Waals surface area contributed by atoms with Gasteiger partial charge in [-0.3, -0.25) is 9.35 Å². The van der Waals surface area contributed by atoms with Crippen molar-refractivity contribution in [3.63, 3.8) is 0 Å². The summed E-state index contributed by atoms with van der Waals surface area (Å²) in [6.07, 6.45) is 17.6. The Bertz CT molecular complexity index is 2240. The van der Waals surface area contributed by atoms with Gasteiger partial charge in [0.25, 0.3) is 10.1 Å². The standard InChI is InChI=1S/C49H61N3O5S/c1-7-8-13-33-51-42-21-11-9-19-40(42)48(2,3)44(51)30-26-37-17-16-18-38(47(37)50-39-28-23-36(24-29-39)25-32-46(53)57-6)27-31-45-49(4,5)41-20-10-12-22-43(41)52(45)34-14-15-35-58(54,55)56/h9-12,19-24,26-31H,7-8,13-18,25,32-35H2,1-6H3,(H,54,55,56)/p+1/b38-27+,45-31+. The predicted molar refractivity (Wildman–Crippen MR) is 238 cm³/mol. The number of nitrogens with one attached hydrogen (secondary N) is 1. The minimum absolute atomic E-state index is 0.140. The molecule has 58 heavy (non-hydrogen) atoms. The fraction of sp³-hybridized carbons (Fsp3) is 0.429. The zero-order valence-electron chi connectivity index (χ0n) is 35.3. The van der Waals surface area contributed by atoms with Gasteiger partial charge in [0.15, 0.2) is 5.71 Å². The average molecular weight is 805 g/mol. The van der Waals surface area contributed by atoms with Crippen molar-refractivity contribution in [2.45, 2.75) is 110 Å². The lowest BCUT2D eigenvalue weighted by Gasteiger charge is -2.28. The van der Waals surface area contributed by atoms with Gasteiger partial charge in [0.2, 0.25) is 5.69 Å². The van der Waals surface area contributed by atoms with E-state index in [0.29, 0.717) is 32.2 Å². The summed E-state index contributed by atoms with van der Waals surface area (Å²) in [4.78, 5) is 14.1. The summed E-state index contributed by atoms with van der Waals surface area (Å²) in [5.41, 5.74) is 12.8. The molecule has 2 N–H and O–H groups in total. The number of fused-ring (bicyclic) bond motifs is 2. The van der Waals surface area contributed by atoms with Crippen molar-refractivity contribution >= 4 is 38.9 Å². The van der Waals surface area contributed by atoms with E-state index in [0.717, 1.165) is 60.6 Å². The van der Waals surface area contributed by atoms with Gasteiger partial charge in [0.1, 0.15) is 6.54 Å². The number of methoxy groups -OCH3 is 1. The number of para-hydroxylation sites is 2. The summed E-state index contributed by atoms with van der Waals surface area (Å²) in [7, 11) is -2.59. The molecule has 0 bridgehead atoms. The van der Waals surface area contributed by atoms with Crippen molar-refractivity contribution in [3.8, 4) is 0 Å². The number of hydrogen-bond acceptors (Lipinski definition) is 6. The first-order valence-corrected chi connectivity index (χ1v) is 22.7. The summed E-state index contributed by atoms with van der Waals surface area (Å²) in [5, 5.41) is 3.85. The van der Waals surface area contributed by atoms with Crippen molar-refractivity contribution in [2.24, 2.45) is 0 Å². The van der Waals surface area contributed by atoms with Gasteiger partial charge < -0.3 is 15.0 Å². The molecule has 8 nitrogen and oxygen atoms in total. The Balaban J connectivity index is 1.40. The van der Waals surface area contributed by atoms with Crippen molar-refractivity contribution < 1.29 is 27.1 Å². The molecule has 6 rings (SSSR count). The maximum Gasteiger partial charge on any atom is 0.305 e. The maximum absolute atomic E-state index is 11.8. The Morgan fingerprint density at radius 1 is 0.879 bits per heavy atom. The van der Waals surface area contributed by atoms with Gasteiger partial charge >= 0.3 is 5.97 Å². The fourth-order valence-electron chi connectivity index (χ4n) is 8.86. The highest BCUT2D eigenvalue weighted by Gasteiger charge is 2.44. The Kier molecular flexibility index (Phi) is 13.6. The second-order valence-electron chi connectivity index (χ2n) is 16.9. The van der Waals surface area contributed by atoms with Crippen molar-refractivity contribution in [3.05, 3.63) is 136 Å². The molecule has 0 unspecified atom stereocenters. The molecule has 0 saturated carbocycles. The number of anilines is 2. The van der Waals surface area contributed by atoms with Crippen LogP contribution in [0.4, 0.5) is 17.1 Å². The molecule has 0 fully saturated rings.